The van der Waals surface area contributed by atoms with Gasteiger partial charge in [0.2, 0.25) is 0 Å². The first-order chi connectivity index (χ1) is 16.7. The lowest BCUT2D eigenvalue weighted by Gasteiger charge is -2.15. The number of urea groups is 1. The molecule has 0 unspecified atom stereocenters. The lowest BCUT2D eigenvalue weighted by molar-refractivity contribution is 0.262. The molecule has 2 aromatic heterocycles. The second-order valence-corrected chi connectivity index (χ2v) is 7.53. The number of carbonyl (C=O) groups excluding carboxylic acids is 1. The fourth-order valence-electron chi connectivity index (χ4n) is 3.63. The molecule has 0 spiro atoms. The number of aromatic nitrogens is 2. The van der Waals surface area contributed by atoms with Crippen molar-refractivity contribution in [2.45, 2.75) is 13.3 Å². The van der Waals surface area contributed by atoms with Crippen LogP contribution in [0.3, 0.4) is 0 Å². The molecule has 3 N–H and O–H groups in total. The molecule has 0 aliphatic heterocycles. The number of nitrogens with zero attached hydrogens (tertiary/aromatic N) is 2. The smallest absolute Gasteiger partial charge is 0.323 e. The van der Waals surface area contributed by atoms with Gasteiger partial charge >= 0.3 is 6.03 Å². The molecule has 0 fully saturated rings. The maximum absolute atomic E-state index is 14.8. The second kappa shape index (κ2) is 9.45. The maximum atomic E-state index is 14.8. The van der Waals surface area contributed by atoms with E-state index >= 15 is 0 Å². The first-order valence-corrected chi connectivity index (χ1v) is 10.5. The van der Waals surface area contributed by atoms with E-state index in [0.29, 0.717) is 40.7 Å². The highest BCUT2D eigenvalue weighted by molar-refractivity contribution is 6.00. The Bertz CT molecular complexity index is 1520. The molecule has 7 nitrogen and oxygen atoms in total. The molecule has 35 heavy (non-hydrogen) atoms. The molecule has 180 valence electrons. The van der Waals surface area contributed by atoms with Gasteiger partial charge in [-0.1, -0.05) is 6.92 Å². The van der Waals surface area contributed by atoms with Crippen molar-refractivity contribution in [3.05, 3.63) is 88.0 Å². The summed E-state index contributed by atoms with van der Waals surface area (Å²) in [5.41, 5.74) is -1.26. The van der Waals surface area contributed by atoms with E-state index in [2.05, 4.69) is 20.9 Å². The number of amides is 2. The lowest BCUT2D eigenvalue weighted by Crippen LogP contribution is -2.24. The molecule has 2 heterocycles. The summed E-state index contributed by atoms with van der Waals surface area (Å²) in [6.07, 6.45) is 3.22. The maximum Gasteiger partial charge on any atom is 0.323 e. The molecule has 2 amide bonds. The van der Waals surface area contributed by atoms with Crippen LogP contribution in [0, 0.1) is 23.3 Å². The van der Waals surface area contributed by atoms with Crippen LogP contribution in [-0.4, -0.2) is 22.6 Å². The number of pyridine rings is 2. The van der Waals surface area contributed by atoms with Gasteiger partial charge < -0.3 is 16.0 Å². The van der Waals surface area contributed by atoms with Gasteiger partial charge in [0.15, 0.2) is 0 Å². The minimum atomic E-state index is -1.12. The van der Waals surface area contributed by atoms with Crippen molar-refractivity contribution in [2.24, 2.45) is 0 Å². The summed E-state index contributed by atoms with van der Waals surface area (Å²) in [6.45, 7) is 1.77. The van der Waals surface area contributed by atoms with Crippen LogP contribution in [0.5, 0.6) is 0 Å². The van der Waals surface area contributed by atoms with E-state index in [9.17, 15) is 27.2 Å². The molecule has 0 aliphatic carbocycles. The van der Waals surface area contributed by atoms with Crippen molar-refractivity contribution in [3.63, 3.8) is 0 Å². The number of benzene rings is 2. The SMILES string of the molecule is CCc1c(=O)n(-c2cc(NC(=O)Nc3ccc(F)cc3F)c(F)cc2F)cc2cnc(NC)cc12. The highest BCUT2D eigenvalue weighted by Gasteiger charge is 2.18. The van der Waals surface area contributed by atoms with Gasteiger partial charge in [0, 0.05) is 42.5 Å². The van der Waals surface area contributed by atoms with Gasteiger partial charge in [-0.05, 0) is 36.1 Å². The van der Waals surface area contributed by atoms with Gasteiger partial charge in [-0.3, -0.25) is 9.36 Å². The van der Waals surface area contributed by atoms with Crippen LogP contribution in [0.15, 0.2) is 53.6 Å². The Morgan fingerprint density at radius 2 is 1.69 bits per heavy atom. The van der Waals surface area contributed by atoms with E-state index in [0.717, 1.165) is 22.8 Å². The Kier molecular flexibility index (Phi) is 6.41. The normalized spacial score (nSPS) is 10.9. The van der Waals surface area contributed by atoms with Crippen molar-refractivity contribution in [1.29, 1.82) is 0 Å². The summed E-state index contributed by atoms with van der Waals surface area (Å²) in [7, 11) is 1.68. The lowest BCUT2D eigenvalue weighted by atomic mass is 10.1. The van der Waals surface area contributed by atoms with E-state index in [1.54, 1.807) is 20.0 Å². The van der Waals surface area contributed by atoms with E-state index in [-0.39, 0.29) is 11.4 Å². The molecule has 4 rings (SSSR count). The summed E-state index contributed by atoms with van der Waals surface area (Å²) in [4.78, 5) is 29.7. The Morgan fingerprint density at radius 3 is 2.37 bits per heavy atom. The number of aryl methyl sites for hydroxylation is 1. The van der Waals surface area contributed by atoms with Crippen molar-refractivity contribution in [3.8, 4) is 5.69 Å². The number of carbonyl (C=O) groups is 1. The zero-order valence-electron chi connectivity index (χ0n) is 18.5. The second-order valence-electron chi connectivity index (χ2n) is 7.53. The van der Waals surface area contributed by atoms with E-state index in [4.69, 9.17) is 0 Å². The molecular formula is C24H19F4N5O2. The van der Waals surface area contributed by atoms with Crippen LogP contribution in [0.1, 0.15) is 12.5 Å². The van der Waals surface area contributed by atoms with Crippen molar-refractivity contribution in [2.75, 3.05) is 23.0 Å². The van der Waals surface area contributed by atoms with Crippen molar-refractivity contribution >= 4 is 34.0 Å². The van der Waals surface area contributed by atoms with Gasteiger partial charge in [0.05, 0.1) is 17.1 Å². The Hall–Kier alpha value is -4.41. The topological polar surface area (TPSA) is 88.1 Å². The van der Waals surface area contributed by atoms with Crippen LogP contribution in [0.25, 0.3) is 16.5 Å². The minimum Gasteiger partial charge on any atom is -0.373 e. The van der Waals surface area contributed by atoms with E-state index in [1.165, 1.54) is 12.4 Å². The summed E-state index contributed by atoms with van der Waals surface area (Å²) < 4.78 is 57.1. The molecule has 11 heteroatoms. The molecule has 0 saturated heterocycles. The van der Waals surface area contributed by atoms with Gasteiger partial charge in [0.25, 0.3) is 5.56 Å². The molecule has 0 bridgehead atoms. The molecule has 0 aliphatic rings. The summed E-state index contributed by atoms with van der Waals surface area (Å²) in [5, 5.41) is 8.34. The molecule has 0 saturated carbocycles. The van der Waals surface area contributed by atoms with Crippen molar-refractivity contribution < 1.29 is 22.4 Å². The average molecular weight is 485 g/mol. The molecular weight excluding hydrogens is 466 g/mol. The van der Waals surface area contributed by atoms with Crippen LogP contribution >= 0.6 is 0 Å². The molecule has 0 radical (unpaired) electrons. The van der Waals surface area contributed by atoms with Crippen LogP contribution in [-0.2, 0) is 6.42 Å². The molecule has 2 aromatic carbocycles. The van der Waals surface area contributed by atoms with Crippen LogP contribution < -0.4 is 21.5 Å². The van der Waals surface area contributed by atoms with E-state index < -0.39 is 40.5 Å². The standard InChI is InChI=1S/C24H19F4N5O2/c1-3-14-15-7-22(29-2)30-10-12(15)11-33(23(14)34)21-9-20(17(27)8-18(21)28)32-24(35)31-19-5-4-13(25)6-16(19)26/h4-11,29H,3H2,1-2H3,(H2,31,32,35). The number of rotatable bonds is 5. The Morgan fingerprint density at radius 1 is 0.971 bits per heavy atom. The third-order valence-corrected chi connectivity index (χ3v) is 5.34. The quantitative estimate of drug-likeness (QED) is 0.340. The monoisotopic (exact) mass is 485 g/mol. The first-order valence-electron chi connectivity index (χ1n) is 10.5. The summed E-state index contributed by atoms with van der Waals surface area (Å²) in [5.74, 6) is -3.49. The summed E-state index contributed by atoms with van der Waals surface area (Å²) in [6, 6.07) is 4.61. The average Bonchev–Trinajstić information content (AvgIpc) is 2.82. The summed E-state index contributed by atoms with van der Waals surface area (Å²) >= 11 is 0. The fourth-order valence-corrected chi connectivity index (χ4v) is 3.63. The van der Waals surface area contributed by atoms with Crippen molar-refractivity contribution in [1.82, 2.24) is 9.55 Å². The van der Waals surface area contributed by atoms with Gasteiger partial charge in [-0.15, -0.1) is 0 Å². The zero-order chi connectivity index (χ0) is 25.3. The third kappa shape index (κ3) is 4.65. The number of halogens is 4. The zero-order valence-corrected chi connectivity index (χ0v) is 18.5. The fraction of sp³-hybridized carbons (Fsp3) is 0.125. The predicted molar refractivity (Wildman–Crippen MR) is 125 cm³/mol. The number of anilines is 3. The number of hydrogen-bond donors (Lipinski definition) is 3. The predicted octanol–water partition coefficient (Wildman–Crippen LogP) is 5.19. The number of nitrogens with one attached hydrogen (secondary N) is 3. The first kappa shape index (κ1) is 23.7. The highest BCUT2D eigenvalue weighted by atomic mass is 19.1. The number of fused-ring (bicyclic) bond motifs is 1. The third-order valence-electron chi connectivity index (χ3n) is 5.34. The van der Waals surface area contributed by atoms with Gasteiger partial charge in [0.1, 0.15) is 29.1 Å². The highest BCUT2D eigenvalue weighted by Crippen LogP contribution is 2.25. The Labute approximate surface area is 196 Å². The largest absolute Gasteiger partial charge is 0.373 e. The molecule has 4 aromatic rings. The number of hydrogen-bond acceptors (Lipinski definition) is 4. The van der Waals surface area contributed by atoms with Gasteiger partial charge in [-0.2, -0.15) is 0 Å². The minimum absolute atomic E-state index is 0.311. The molecule has 0 atom stereocenters. The van der Waals surface area contributed by atoms with Crippen LogP contribution in [0.2, 0.25) is 0 Å². The van der Waals surface area contributed by atoms with E-state index in [1.807, 2.05) is 0 Å². The Balaban J connectivity index is 1.74. The van der Waals surface area contributed by atoms with Crippen LogP contribution in [0.4, 0.5) is 39.5 Å². The van der Waals surface area contributed by atoms with Gasteiger partial charge in [-0.25, -0.2) is 27.3 Å².